The first-order chi connectivity index (χ1) is 15.4. The summed E-state index contributed by atoms with van der Waals surface area (Å²) in [6.45, 7) is 0.132. The van der Waals surface area contributed by atoms with Crippen LogP contribution in [0.25, 0.3) is 0 Å². The highest BCUT2D eigenvalue weighted by molar-refractivity contribution is 7.98. The van der Waals surface area contributed by atoms with Crippen LogP contribution >= 0.6 is 11.8 Å². The Bertz CT molecular complexity index is 1110. The highest BCUT2D eigenvalue weighted by Crippen LogP contribution is 2.33. The molecule has 3 rings (SSSR count). The number of rotatable bonds is 11. The van der Waals surface area contributed by atoms with Crippen molar-refractivity contribution in [3.05, 3.63) is 90.5 Å². The van der Waals surface area contributed by atoms with Gasteiger partial charge in [-0.15, -0.1) is 0 Å². The van der Waals surface area contributed by atoms with Gasteiger partial charge in [0.2, 0.25) is 15.9 Å². The normalized spacial score (nSPS) is 11.0. The zero-order valence-electron chi connectivity index (χ0n) is 17.8. The standard InChI is InChI=1S/C24H26N2O4S2/c1-32(28,29)26(18-24(27)25-16-17-31-19-20-10-4-2-5-11-20)22-14-8-9-15-23(22)30-21-12-6-3-7-13-21/h2-15H,16-19H2,1H3,(H,25,27). The molecule has 0 aliphatic carbocycles. The molecular formula is C24H26N2O4S2. The van der Waals surface area contributed by atoms with Crippen molar-refractivity contribution < 1.29 is 17.9 Å². The van der Waals surface area contributed by atoms with Crippen molar-refractivity contribution in [1.82, 2.24) is 5.32 Å². The number of para-hydroxylation sites is 3. The number of nitrogens with zero attached hydrogens (tertiary/aromatic N) is 1. The molecule has 0 spiro atoms. The summed E-state index contributed by atoms with van der Waals surface area (Å²) >= 11 is 1.71. The van der Waals surface area contributed by atoms with Crippen LogP contribution in [-0.4, -0.2) is 39.4 Å². The molecule has 0 aliphatic rings. The van der Waals surface area contributed by atoms with Crippen LogP contribution in [-0.2, 0) is 20.6 Å². The topological polar surface area (TPSA) is 75.7 Å². The first-order valence-electron chi connectivity index (χ1n) is 10.1. The Morgan fingerprint density at radius 2 is 1.56 bits per heavy atom. The second kappa shape index (κ2) is 11.6. The third-order valence-corrected chi connectivity index (χ3v) is 6.63. The van der Waals surface area contributed by atoms with Crippen LogP contribution in [0.2, 0.25) is 0 Å². The summed E-state index contributed by atoms with van der Waals surface area (Å²) in [7, 11) is -3.71. The molecule has 3 aromatic rings. The summed E-state index contributed by atoms with van der Waals surface area (Å²) < 4.78 is 31.9. The molecule has 0 unspecified atom stereocenters. The van der Waals surface area contributed by atoms with E-state index in [1.165, 1.54) is 5.56 Å². The summed E-state index contributed by atoms with van der Waals surface area (Å²) in [6, 6.07) is 25.9. The lowest BCUT2D eigenvalue weighted by Crippen LogP contribution is -2.41. The number of thioether (sulfide) groups is 1. The molecule has 0 fully saturated rings. The Hall–Kier alpha value is -2.97. The largest absolute Gasteiger partial charge is 0.455 e. The number of hydrogen-bond acceptors (Lipinski definition) is 5. The van der Waals surface area contributed by atoms with Crippen molar-refractivity contribution in [2.24, 2.45) is 0 Å². The fourth-order valence-electron chi connectivity index (χ4n) is 2.96. The average molecular weight is 471 g/mol. The predicted octanol–water partition coefficient (Wildman–Crippen LogP) is 4.29. The lowest BCUT2D eigenvalue weighted by atomic mass is 10.2. The molecule has 8 heteroatoms. The minimum absolute atomic E-state index is 0.312. The number of carbonyl (C=O) groups is 1. The summed E-state index contributed by atoms with van der Waals surface area (Å²) in [5, 5.41) is 2.80. The summed E-state index contributed by atoms with van der Waals surface area (Å²) in [4.78, 5) is 12.5. The van der Waals surface area contributed by atoms with Crippen molar-refractivity contribution in [2.75, 3.05) is 29.4 Å². The number of benzene rings is 3. The Labute approximate surface area is 193 Å². The number of anilines is 1. The zero-order valence-corrected chi connectivity index (χ0v) is 19.4. The minimum atomic E-state index is -3.71. The third kappa shape index (κ3) is 7.32. The molecule has 0 radical (unpaired) electrons. The average Bonchev–Trinajstić information content (AvgIpc) is 2.78. The zero-order chi connectivity index (χ0) is 22.8. The highest BCUT2D eigenvalue weighted by atomic mass is 32.2. The second-order valence-corrected chi connectivity index (χ2v) is 10.1. The Morgan fingerprint density at radius 3 is 2.25 bits per heavy atom. The molecule has 3 aromatic carbocycles. The van der Waals surface area contributed by atoms with E-state index in [1.807, 2.05) is 36.4 Å². The molecule has 168 valence electrons. The summed E-state index contributed by atoms with van der Waals surface area (Å²) in [5.41, 5.74) is 1.54. The quantitative estimate of drug-likeness (QED) is 0.423. The summed E-state index contributed by atoms with van der Waals surface area (Å²) in [6.07, 6.45) is 1.08. The first kappa shape index (κ1) is 23.7. The maximum Gasteiger partial charge on any atom is 0.240 e. The number of nitrogens with one attached hydrogen (secondary N) is 1. The van der Waals surface area contributed by atoms with E-state index in [0.717, 1.165) is 22.1 Å². The molecule has 6 nitrogen and oxygen atoms in total. The number of amides is 1. The molecule has 1 amide bonds. The molecule has 32 heavy (non-hydrogen) atoms. The number of carbonyl (C=O) groups excluding carboxylic acids is 1. The van der Waals surface area contributed by atoms with Crippen molar-refractivity contribution in [3.63, 3.8) is 0 Å². The van der Waals surface area contributed by atoms with Gasteiger partial charge in [0.1, 0.15) is 12.3 Å². The molecule has 0 atom stereocenters. The Morgan fingerprint density at radius 1 is 0.938 bits per heavy atom. The highest BCUT2D eigenvalue weighted by Gasteiger charge is 2.24. The van der Waals surface area contributed by atoms with Gasteiger partial charge < -0.3 is 10.1 Å². The van der Waals surface area contributed by atoms with Gasteiger partial charge in [0.05, 0.1) is 11.9 Å². The molecule has 0 saturated heterocycles. The maximum absolute atomic E-state index is 12.5. The maximum atomic E-state index is 12.5. The fourth-order valence-corrected chi connectivity index (χ4v) is 4.64. The molecule has 0 heterocycles. The molecule has 0 aromatic heterocycles. The van der Waals surface area contributed by atoms with Crippen LogP contribution in [0.1, 0.15) is 5.56 Å². The van der Waals surface area contributed by atoms with Crippen molar-refractivity contribution in [1.29, 1.82) is 0 Å². The fraction of sp³-hybridized carbons (Fsp3) is 0.208. The SMILES string of the molecule is CS(=O)(=O)N(CC(=O)NCCSCc1ccccc1)c1ccccc1Oc1ccccc1. The van der Waals surface area contributed by atoms with Crippen molar-refractivity contribution in [3.8, 4) is 11.5 Å². The van der Waals surface area contributed by atoms with E-state index >= 15 is 0 Å². The van der Waals surface area contributed by atoms with E-state index in [9.17, 15) is 13.2 Å². The van der Waals surface area contributed by atoms with Gasteiger partial charge in [-0.3, -0.25) is 9.10 Å². The van der Waals surface area contributed by atoms with Gasteiger partial charge >= 0.3 is 0 Å². The smallest absolute Gasteiger partial charge is 0.240 e. The van der Waals surface area contributed by atoms with Crippen LogP contribution in [0.3, 0.4) is 0 Å². The van der Waals surface area contributed by atoms with Gasteiger partial charge in [-0.05, 0) is 29.8 Å². The van der Waals surface area contributed by atoms with Crippen LogP contribution in [0.5, 0.6) is 11.5 Å². The van der Waals surface area contributed by atoms with Gasteiger partial charge in [-0.1, -0.05) is 60.7 Å². The second-order valence-electron chi connectivity index (χ2n) is 7.04. The van der Waals surface area contributed by atoms with Crippen molar-refractivity contribution in [2.45, 2.75) is 5.75 Å². The third-order valence-electron chi connectivity index (χ3n) is 4.47. The van der Waals surface area contributed by atoms with E-state index in [1.54, 1.807) is 48.2 Å². The van der Waals surface area contributed by atoms with E-state index < -0.39 is 10.0 Å². The monoisotopic (exact) mass is 470 g/mol. The van der Waals surface area contributed by atoms with Gasteiger partial charge in [-0.2, -0.15) is 11.8 Å². The van der Waals surface area contributed by atoms with E-state index in [4.69, 9.17) is 4.74 Å². The minimum Gasteiger partial charge on any atom is -0.455 e. The molecule has 1 N–H and O–H groups in total. The number of hydrogen-bond donors (Lipinski definition) is 1. The molecule has 0 aliphatic heterocycles. The van der Waals surface area contributed by atoms with Crippen LogP contribution in [0.4, 0.5) is 5.69 Å². The lowest BCUT2D eigenvalue weighted by molar-refractivity contribution is -0.119. The van der Waals surface area contributed by atoms with Gasteiger partial charge in [0.15, 0.2) is 5.75 Å². The van der Waals surface area contributed by atoms with E-state index in [-0.39, 0.29) is 12.5 Å². The summed E-state index contributed by atoms with van der Waals surface area (Å²) in [5.74, 6) is 2.15. The van der Waals surface area contributed by atoms with Crippen LogP contribution in [0, 0.1) is 0 Å². The molecule has 0 bridgehead atoms. The first-order valence-corrected chi connectivity index (χ1v) is 13.1. The molecule has 0 saturated carbocycles. The van der Waals surface area contributed by atoms with Gasteiger partial charge in [-0.25, -0.2) is 8.42 Å². The van der Waals surface area contributed by atoms with Crippen LogP contribution < -0.4 is 14.4 Å². The number of ether oxygens (including phenoxy) is 1. The Kier molecular flexibility index (Phi) is 8.58. The van der Waals surface area contributed by atoms with Crippen LogP contribution in [0.15, 0.2) is 84.9 Å². The Balaban J connectivity index is 1.60. The number of sulfonamides is 1. The van der Waals surface area contributed by atoms with E-state index in [2.05, 4.69) is 17.4 Å². The van der Waals surface area contributed by atoms with Crippen molar-refractivity contribution >= 4 is 33.4 Å². The van der Waals surface area contributed by atoms with Gasteiger partial charge in [0.25, 0.3) is 0 Å². The lowest BCUT2D eigenvalue weighted by Gasteiger charge is -2.24. The molecular weight excluding hydrogens is 444 g/mol. The van der Waals surface area contributed by atoms with E-state index in [0.29, 0.717) is 23.7 Å². The van der Waals surface area contributed by atoms with Gasteiger partial charge in [0, 0.05) is 18.1 Å². The predicted molar refractivity (Wildman–Crippen MR) is 131 cm³/mol.